The number of nitrogens with zero attached hydrogens (tertiary/aromatic N) is 3. The smallest absolute Gasteiger partial charge is 0.253 e. The molecular weight excluding hydrogens is 459 g/mol. The number of piperazine rings is 1. The topological polar surface area (TPSA) is 90.0 Å². The molecule has 2 aromatic carbocycles. The average molecular weight is 489 g/mol. The van der Waals surface area contributed by atoms with Crippen LogP contribution in [0.15, 0.2) is 53.4 Å². The number of rotatable bonds is 5. The van der Waals surface area contributed by atoms with E-state index in [1.807, 2.05) is 11.9 Å². The van der Waals surface area contributed by atoms with Crippen molar-refractivity contribution >= 4 is 27.5 Å². The van der Waals surface area contributed by atoms with Gasteiger partial charge in [0, 0.05) is 50.5 Å². The Bertz CT molecular complexity index is 1130. The zero-order valence-corrected chi connectivity index (χ0v) is 19.9. The Hall–Kier alpha value is -2.82. The molecule has 0 aliphatic carbocycles. The van der Waals surface area contributed by atoms with Crippen molar-refractivity contribution < 1.29 is 22.4 Å². The molecule has 2 aliphatic heterocycles. The fourth-order valence-corrected chi connectivity index (χ4v) is 5.79. The van der Waals surface area contributed by atoms with Gasteiger partial charge in [0.1, 0.15) is 5.82 Å². The second kappa shape index (κ2) is 10.2. The quantitative estimate of drug-likeness (QED) is 0.697. The lowest BCUT2D eigenvalue weighted by atomic mass is 9.98. The van der Waals surface area contributed by atoms with Crippen LogP contribution in [0.4, 0.5) is 10.1 Å². The number of piperidine rings is 1. The lowest BCUT2D eigenvalue weighted by Gasteiger charge is -2.32. The lowest BCUT2D eigenvalue weighted by molar-refractivity contribution is -0.120. The Morgan fingerprint density at radius 2 is 1.59 bits per heavy atom. The molecule has 8 nitrogen and oxygen atoms in total. The summed E-state index contributed by atoms with van der Waals surface area (Å²) in [5, 5.41) is 2.84. The van der Waals surface area contributed by atoms with Gasteiger partial charge in [-0.1, -0.05) is 0 Å². The van der Waals surface area contributed by atoms with Crippen LogP contribution in [-0.2, 0) is 14.8 Å². The highest BCUT2D eigenvalue weighted by Crippen LogP contribution is 2.25. The molecule has 0 saturated carbocycles. The van der Waals surface area contributed by atoms with Gasteiger partial charge < -0.3 is 15.1 Å². The molecule has 2 heterocycles. The maximum atomic E-state index is 13.2. The number of sulfonamides is 1. The van der Waals surface area contributed by atoms with Crippen LogP contribution in [0, 0.1) is 11.7 Å². The average Bonchev–Trinajstić information content (AvgIpc) is 2.85. The first-order valence-electron chi connectivity index (χ1n) is 11.4. The summed E-state index contributed by atoms with van der Waals surface area (Å²) in [5.41, 5.74) is 1.12. The third kappa shape index (κ3) is 5.45. The maximum Gasteiger partial charge on any atom is 0.253 e. The molecule has 0 radical (unpaired) electrons. The summed E-state index contributed by atoms with van der Waals surface area (Å²) in [6.07, 6.45) is 1.12. The van der Waals surface area contributed by atoms with Gasteiger partial charge in [-0.05, 0) is 68.4 Å². The van der Waals surface area contributed by atoms with Crippen molar-refractivity contribution in [2.24, 2.45) is 5.92 Å². The third-order valence-electron chi connectivity index (χ3n) is 6.40. The molecule has 1 N–H and O–H groups in total. The van der Waals surface area contributed by atoms with E-state index in [1.165, 1.54) is 16.4 Å². The predicted molar refractivity (Wildman–Crippen MR) is 126 cm³/mol. The molecule has 0 bridgehead atoms. The van der Waals surface area contributed by atoms with Crippen molar-refractivity contribution in [2.45, 2.75) is 17.7 Å². The number of nitrogens with one attached hydrogen (secondary N) is 1. The molecule has 10 heteroatoms. The van der Waals surface area contributed by atoms with Gasteiger partial charge in [-0.3, -0.25) is 9.59 Å². The van der Waals surface area contributed by atoms with Gasteiger partial charge in [-0.2, -0.15) is 4.31 Å². The van der Waals surface area contributed by atoms with Gasteiger partial charge in [0.05, 0.1) is 10.8 Å². The summed E-state index contributed by atoms with van der Waals surface area (Å²) in [5.74, 6) is -1.31. The third-order valence-corrected chi connectivity index (χ3v) is 8.28. The van der Waals surface area contributed by atoms with Crippen molar-refractivity contribution in [2.75, 3.05) is 51.6 Å². The lowest BCUT2D eigenvalue weighted by Crippen LogP contribution is -2.47. The normalized spacial score (nSPS) is 20.2. The number of halogens is 1. The van der Waals surface area contributed by atoms with Crippen LogP contribution in [0.25, 0.3) is 0 Å². The van der Waals surface area contributed by atoms with Gasteiger partial charge in [-0.15, -0.1) is 0 Å². The van der Waals surface area contributed by atoms with E-state index in [9.17, 15) is 22.4 Å². The van der Waals surface area contributed by atoms with E-state index in [0.717, 1.165) is 25.2 Å². The zero-order valence-electron chi connectivity index (χ0n) is 19.1. The number of carbonyl (C=O) groups is 2. The van der Waals surface area contributed by atoms with Crippen molar-refractivity contribution in [1.82, 2.24) is 14.1 Å². The number of likely N-dealkylation sites (N-methyl/N-ethyl adjacent to an activating group) is 1. The minimum absolute atomic E-state index is 0.00978. The molecule has 2 amide bonds. The predicted octanol–water partition coefficient (Wildman–Crippen LogP) is 2.25. The molecule has 2 aromatic rings. The van der Waals surface area contributed by atoms with Crippen molar-refractivity contribution in [3.63, 3.8) is 0 Å². The highest BCUT2D eigenvalue weighted by molar-refractivity contribution is 7.89. The van der Waals surface area contributed by atoms with Gasteiger partial charge in [0.25, 0.3) is 5.91 Å². The molecular formula is C24H29FN4O4S. The van der Waals surface area contributed by atoms with E-state index in [4.69, 9.17) is 0 Å². The highest BCUT2D eigenvalue weighted by atomic mass is 32.2. The minimum atomic E-state index is -3.81. The number of anilines is 1. The fourth-order valence-electron chi connectivity index (χ4n) is 4.26. The number of hydrogen-bond donors (Lipinski definition) is 1. The van der Waals surface area contributed by atoms with Crippen LogP contribution < -0.4 is 5.32 Å². The van der Waals surface area contributed by atoms with Gasteiger partial charge in [0.2, 0.25) is 15.9 Å². The second-order valence-corrected chi connectivity index (χ2v) is 10.8. The number of benzene rings is 2. The van der Waals surface area contributed by atoms with Crippen LogP contribution in [0.1, 0.15) is 23.2 Å². The number of carbonyl (C=O) groups excluding carboxylic acids is 2. The Morgan fingerprint density at radius 1 is 0.941 bits per heavy atom. The van der Waals surface area contributed by atoms with E-state index in [2.05, 4.69) is 10.2 Å². The van der Waals surface area contributed by atoms with Crippen LogP contribution in [0.3, 0.4) is 0 Å². The van der Waals surface area contributed by atoms with E-state index in [0.29, 0.717) is 43.7 Å². The molecule has 0 aromatic heterocycles. The first kappa shape index (κ1) is 24.3. The number of hydrogen-bond acceptors (Lipinski definition) is 5. The molecule has 34 heavy (non-hydrogen) atoms. The fraction of sp³-hybridized carbons (Fsp3) is 0.417. The van der Waals surface area contributed by atoms with Crippen LogP contribution >= 0.6 is 0 Å². The van der Waals surface area contributed by atoms with E-state index in [-0.39, 0.29) is 23.3 Å². The van der Waals surface area contributed by atoms with Crippen LogP contribution in [0.5, 0.6) is 0 Å². The highest BCUT2D eigenvalue weighted by Gasteiger charge is 2.33. The van der Waals surface area contributed by atoms with Crippen LogP contribution in [0.2, 0.25) is 0 Å². The monoisotopic (exact) mass is 488 g/mol. The summed E-state index contributed by atoms with van der Waals surface area (Å²) < 4.78 is 40.3. The summed E-state index contributed by atoms with van der Waals surface area (Å²) in [6, 6.07) is 11.5. The number of amides is 2. The Balaban J connectivity index is 1.37. The minimum Gasteiger partial charge on any atom is -0.336 e. The largest absolute Gasteiger partial charge is 0.336 e. The van der Waals surface area contributed by atoms with E-state index in [1.54, 1.807) is 24.3 Å². The molecule has 0 spiro atoms. The molecule has 4 rings (SSSR count). The molecule has 182 valence electrons. The van der Waals surface area contributed by atoms with Crippen LogP contribution in [-0.4, -0.2) is 80.7 Å². The maximum absolute atomic E-state index is 13.2. The molecule has 2 aliphatic rings. The summed E-state index contributed by atoms with van der Waals surface area (Å²) in [7, 11) is -1.78. The van der Waals surface area contributed by atoms with E-state index >= 15 is 0 Å². The Morgan fingerprint density at radius 3 is 2.24 bits per heavy atom. The second-order valence-electron chi connectivity index (χ2n) is 8.82. The molecule has 0 unspecified atom stereocenters. The van der Waals surface area contributed by atoms with Gasteiger partial charge in [0.15, 0.2) is 0 Å². The van der Waals surface area contributed by atoms with Crippen molar-refractivity contribution in [3.05, 3.63) is 59.9 Å². The van der Waals surface area contributed by atoms with Crippen molar-refractivity contribution in [3.8, 4) is 0 Å². The molecule has 1 atom stereocenters. The molecule has 2 fully saturated rings. The van der Waals surface area contributed by atoms with Gasteiger partial charge >= 0.3 is 0 Å². The Labute approximate surface area is 199 Å². The molecule has 2 saturated heterocycles. The summed E-state index contributed by atoms with van der Waals surface area (Å²) >= 11 is 0. The SMILES string of the molecule is CN1CCN(C(=O)c2ccc(NC(=O)[C@H]3CCCN(S(=O)(=O)c4ccc(F)cc4)C3)cc2)CC1. The first-order chi connectivity index (χ1) is 16.2. The summed E-state index contributed by atoms with van der Waals surface area (Å²) in [4.78, 5) is 29.6. The summed E-state index contributed by atoms with van der Waals surface area (Å²) in [6.45, 7) is 3.43. The van der Waals surface area contributed by atoms with Gasteiger partial charge in [-0.25, -0.2) is 12.8 Å². The zero-order chi connectivity index (χ0) is 24.3. The first-order valence-corrected chi connectivity index (χ1v) is 12.8. The van der Waals surface area contributed by atoms with Crippen molar-refractivity contribution in [1.29, 1.82) is 0 Å². The Kier molecular flexibility index (Phi) is 7.30. The van der Waals surface area contributed by atoms with E-state index < -0.39 is 21.8 Å². The standard InChI is InChI=1S/C24H29FN4O4S/c1-27-13-15-28(16-14-27)24(31)18-4-8-21(9-5-18)26-23(30)19-3-2-12-29(17-19)34(32,33)22-10-6-20(25)7-11-22/h4-11,19H,2-3,12-17H2,1H3,(H,26,30)/t19-/m0/s1.